The highest BCUT2D eigenvalue weighted by Gasteiger charge is 2.24. The third-order valence-electron chi connectivity index (χ3n) is 2.94. The first-order valence-corrected chi connectivity index (χ1v) is 5.98. The quantitative estimate of drug-likeness (QED) is 0.826. The van der Waals surface area contributed by atoms with Gasteiger partial charge in [0.15, 0.2) is 5.82 Å². The van der Waals surface area contributed by atoms with Gasteiger partial charge in [-0.2, -0.15) is 4.98 Å². The second kappa shape index (κ2) is 5.41. The Morgan fingerprint density at radius 2 is 2.44 bits per heavy atom. The van der Waals surface area contributed by atoms with E-state index < -0.39 is 0 Å². The molecule has 0 radical (unpaired) electrons. The van der Waals surface area contributed by atoms with Gasteiger partial charge in [-0.05, 0) is 12.8 Å². The van der Waals surface area contributed by atoms with Crippen molar-refractivity contribution >= 4 is 0 Å². The van der Waals surface area contributed by atoms with Gasteiger partial charge >= 0.3 is 0 Å². The monoisotopic (exact) mass is 225 g/mol. The van der Waals surface area contributed by atoms with Crippen molar-refractivity contribution in [3.63, 3.8) is 0 Å². The maximum absolute atomic E-state index is 5.97. The molecule has 0 spiro atoms. The molecule has 5 nitrogen and oxygen atoms in total. The molecule has 0 amide bonds. The molecule has 2 heterocycles. The summed E-state index contributed by atoms with van der Waals surface area (Å²) in [5.41, 5.74) is 5.97. The smallest absolute Gasteiger partial charge is 0.243 e. The fourth-order valence-electron chi connectivity index (χ4n) is 1.85. The Labute approximate surface area is 95.3 Å². The van der Waals surface area contributed by atoms with Crippen molar-refractivity contribution in [1.82, 2.24) is 10.1 Å². The molecule has 0 aromatic carbocycles. The fourth-order valence-corrected chi connectivity index (χ4v) is 1.85. The molecule has 90 valence electrons. The number of hydrogen-bond acceptors (Lipinski definition) is 5. The summed E-state index contributed by atoms with van der Waals surface area (Å²) in [6.45, 7) is 3.63. The van der Waals surface area contributed by atoms with E-state index in [0.717, 1.165) is 38.1 Å². The Morgan fingerprint density at radius 3 is 3.12 bits per heavy atom. The highest BCUT2D eigenvalue weighted by Crippen LogP contribution is 2.24. The lowest BCUT2D eigenvalue weighted by Crippen LogP contribution is -2.11. The van der Waals surface area contributed by atoms with Crippen LogP contribution in [0.15, 0.2) is 4.52 Å². The number of nitrogens with zero attached hydrogens (tertiary/aromatic N) is 2. The van der Waals surface area contributed by atoms with E-state index >= 15 is 0 Å². The first-order valence-electron chi connectivity index (χ1n) is 5.98. The van der Waals surface area contributed by atoms with Crippen LogP contribution < -0.4 is 5.73 Å². The van der Waals surface area contributed by atoms with Crippen LogP contribution in [0.5, 0.6) is 0 Å². The first kappa shape index (κ1) is 11.5. The summed E-state index contributed by atoms with van der Waals surface area (Å²) in [4.78, 5) is 4.36. The zero-order chi connectivity index (χ0) is 11.4. The molecule has 16 heavy (non-hydrogen) atoms. The fraction of sp³-hybridized carbons (Fsp3) is 0.818. The maximum atomic E-state index is 5.97. The topological polar surface area (TPSA) is 74.2 Å². The molecule has 1 aliphatic heterocycles. The van der Waals surface area contributed by atoms with Crippen LogP contribution in [0.25, 0.3) is 0 Å². The van der Waals surface area contributed by atoms with Crippen LogP contribution in [-0.4, -0.2) is 23.4 Å². The predicted molar refractivity (Wildman–Crippen MR) is 58.9 cm³/mol. The molecule has 0 saturated carbocycles. The summed E-state index contributed by atoms with van der Waals surface area (Å²) < 4.78 is 10.5. The second-order valence-electron chi connectivity index (χ2n) is 4.30. The molecule has 5 heteroatoms. The number of unbranched alkanes of at least 4 members (excludes halogenated alkanes) is 1. The molecule has 1 aliphatic rings. The van der Waals surface area contributed by atoms with Gasteiger partial charge in [0.25, 0.3) is 0 Å². The van der Waals surface area contributed by atoms with Crippen molar-refractivity contribution in [3.8, 4) is 0 Å². The Hall–Kier alpha value is -0.940. The third-order valence-corrected chi connectivity index (χ3v) is 2.94. The molecule has 0 bridgehead atoms. The van der Waals surface area contributed by atoms with Crippen LogP contribution in [0.4, 0.5) is 0 Å². The summed E-state index contributed by atoms with van der Waals surface area (Å²) in [5, 5.41) is 3.98. The average Bonchev–Trinajstić information content (AvgIpc) is 2.94. The Morgan fingerprint density at radius 1 is 1.56 bits per heavy atom. The minimum absolute atomic E-state index is 0.122. The molecule has 1 aromatic rings. The van der Waals surface area contributed by atoms with Crippen molar-refractivity contribution in [1.29, 1.82) is 0 Å². The van der Waals surface area contributed by atoms with Gasteiger partial charge < -0.3 is 15.0 Å². The van der Waals surface area contributed by atoms with Crippen molar-refractivity contribution in [2.45, 2.75) is 44.6 Å². The van der Waals surface area contributed by atoms with Gasteiger partial charge in [-0.15, -0.1) is 0 Å². The summed E-state index contributed by atoms with van der Waals surface area (Å²) in [6, 6.07) is -0.122. The highest BCUT2D eigenvalue weighted by atomic mass is 16.5. The van der Waals surface area contributed by atoms with E-state index in [1.807, 2.05) is 0 Å². The highest BCUT2D eigenvalue weighted by molar-refractivity contribution is 4.99. The largest absolute Gasteiger partial charge is 0.381 e. The predicted octanol–water partition coefficient (Wildman–Crippen LogP) is 1.76. The van der Waals surface area contributed by atoms with Crippen LogP contribution in [-0.2, 0) is 4.74 Å². The van der Waals surface area contributed by atoms with Gasteiger partial charge in [0, 0.05) is 12.5 Å². The Balaban J connectivity index is 1.95. The first-order chi connectivity index (χ1) is 7.81. The van der Waals surface area contributed by atoms with E-state index in [0.29, 0.717) is 12.5 Å². The molecule has 1 fully saturated rings. The molecule has 0 aliphatic carbocycles. The minimum Gasteiger partial charge on any atom is -0.381 e. The minimum atomic E-state index is -0.122. The van der Waals surface area contributed by atoms with Crippen molar-refractivity contribution in [2.24, 2.45) is 5.73 Å². The van der Waals surface area contributed by atoms with Crippen molar-refractivity contribution < 1.29 is 9.26 Å². The van der Waals surface area contributed by atoms with Gasteiger partial charge in [-0.25, -0.2) is 0 Å². The molecule has 1 aromatic heterocycles. The lowest BCUT2D eigenvalue weighted by atomic mass is 10.1. The molecule has 1 saturated heterocycles. The summed E-state index contributed by atoms with van der Waals surface area (Å²) >= 11 is 0. The van der Waals surface area contributed by atoms with E-state index in [9.17, 15) is 0 Å². The molecule has 2 atom stereocenters. The number of nitrogens with two attached hydrogens (primary N) is 1. The molecule has 2 N–H and O–H groups in total. The summed E-state index contributed by atoms with van der Waals surface area (Å²) in [7, 11) is 0. The maximum Gasteiger partial charge on any atom is 0.243 e. The van der Waals surface area contributed by atoms with Gasteiger partial charge in [0.2, 0.25) is 5.89 Å². The van der Waals surface area contributed by atoms with Crippen LogP contribution in [0.2, 0.25) is 0 Å². The number of ether oxygens (including phenoxy) is 1. The van der Waals surface area contributed by atoms with E-state index in [2.05, 4.69) is 17.1 Å². The van der Waals surface area contributed by atoms with Crippen molar-refractivity contribution in [3.05, 3.63) is 11.7 Å². The number of aromatic nitrogens is 2. The zero-order valence-corrected chi connectivity index (χ0v) is 9.69. The standard InChI is InChI=1S/C11H19N3O2/c1-2-3-4-9(12)11-13-10(14-16-11)8-5-6-15-7-8/h8-9H,2-7,12H2,1H3. The average molecular weight is 225 g/mol. The lowest BCUT2D eigenvalue weighted by molar-refractivity contribution is 0.192. The SMILES string of the molecule is CCCCC(N)c1nc(C2CCOC2)no1. The Kier molecular flexibility index (Phi) is 3.90. The van der Waals surface area contributed by atoms with Crippen LogP contribution in [0, 0.1) is 0 Å². The van der Waals surface area contributed by atoms with Crippen LogP contribution >= 0.6 is 0 Å². The van der Waals surface area contributed by atoms with E-state index in [1.54, 1.807) is 0 Å². The molecular weight excluding hydrogens is 206 g/mol. The number of rotatable bonds is 5. The van der Waals surface area contributed by atoms with Crippen molar-refractivity contribution in [2.75, 3.05) is 13.2 Å². The molecular formula is C11H19N3O2. The van der Waals surface area contributed by atoms with E-state index in [1.165, 1.54) is 0 Å². The summed E-state index contributed by atoms with van der Waals surface area (Å²) in [5.74, 6) is 1.60. The zero-order valence-electron chi connectivity index (χ0n) is 9.69. The van der Waals surface area contributed by atoms with E-state index in [4.69, 9.17) is 15.0 Å². The van der Waals surface area contributed by atoms with Gasteiger partial charge in [0.05, 0.1) is 12.6 Å². The third kappa shape index (κ3) is 2.59. The Bertz CT molecular complexity index is 321. The van der Waals surface area contributed by atoms with Crippen LogP contribution in [0.1, 0.15) is 56.3 Å². The molecule has 2 rings (SSSR count). The number of hydrogen-bond donors (Lipinski definition) is 1. The second-order valence-corrected chi connectivity index (χ2v) is 4.30. The normalized spacial score (nSPS) is 22.5. The van der Waals surface area contributed by atoms with Gasteiger partial charge in [-0.1, -0.05) is 24.9 Å². The summed E-state index contributed by atoms with van der Waals surface area (Å²) in [6.07, 6.45) is 4.10. The lowest BCUT2D eigenvalue weighted by Gasteiger charge is -2.04. The van der Waals surface area contributed by atoms with Gasteiger partial charge in [-0.3, -0.25) is 0 Å². The molecule has 2 unspecified atom stereocenters. The van der Waals surface area contributed by atoms with Crippen LogP contribution in [0.3, 0.4) is 0 Å². The van der Waals surface area contributed by atoms with Gasteiger partial charge in [0.1, 0.15) is 0 Å². The van der Waals surface area contributed by atoms with E-state index in [-0.39, 0.29) is 12.0 Å².